The van der Waals surface area contributed by atoms with Crippen molar-refractivity contribution in [2.75, 3.05) is 19.6 Å². The average molecular weight is 241 g/mol. The Labute approximate surface area is 99.9 Å². The van der Waals surface area contributed by atoms with E-state index in [1.165, 1.54) is 12.1 Å². The minimum Gasteiger partial charge on any atom is -0.382 e. The Kier molecular flexibility index (Phi) is 3.19. The van der Waals surface area contributed by atoms with Gasteiger partial charge in [-0.2, -0.15) is 0 Å². The standard InChI is InChI=1S/C13H17F2NO/c1-9(2)6-16-7-13(17,8-16)10-3-11(14)5-12(15)4-10/h3-5,9,17H,6-8H2,1-2H3. The van der Waals surface area contributed by atoms with Crippen LogP contribution in [0.4, 0.5) is 8.78 Å². The molecule has 0 spiro atoms. The highest BCUT2D eigenvalue weighted by atomic mass is 19.1. The maximum Gasteiger partial charge on any atom is 0.126 e. The second-order valence-electron chi connectivity index (χ2n) is 5.25. The van der Waals surface area contributed by atoms with Crippen LogP contribution in [-0.4, -0.2) is 29.6 Å². The molecule has 17 heavy (non-hydrogen) atoms. The third-order valence-electron chi connectivity index (χ3n) is 2.99. The van der Waals surface area contributed by atoms with E-state index in [4.69, 9.17) is 0 Å². The van der Waals surface area contributed by atoms with Gasteiger partial charge in [0.2, 0.25) is 0 Å². The van der Waals surface area contributed by atoms with Gasteiger partial charge in [-0.15, -0.1) is 0 Å². The molecule has 1 N–H and O–H groups in total. The zero-order chi connectivity index (χ0) is 12.6. The number of hydrogen-bond acceptors (Lipinski definition) is 2. The lowest BCUT2D eigenvalue weighted by atomic mass is 9.85. The van der Waals surface area contributed by atoms with Crippen LogP contribution in [0.3, 0.4) is 0 Å². The first-order valence-electron chi connectivity index (χ1n) is 5.80. The molecular formula is C13H17F2NO. The fourth-order valence-electron chi connectivity index (χ4n) is 2.34. The van der Waals surface area contributed by atoms with Crippen molar-refractivity contribution in [1.29, 1.82) is 0 Å². The van der Waals surface area contributed by atoms with Gasteiger partial charge in [-0.25, -0.2) is 8.78 Å². The summed E-state index contributed by atoms with van der Waals surface area (Å²) in [6.07, 6.45) is 0. The van der Waals surface area contributed by atoms with Gasteiger partial charge >= 0.3 is 0 Å². The summed E-state index contributed by atoms with van der Waals surface area (Å²) in [5.74, 6) is -0.768. The fourth-order valence-corrected chi connectivity index (χ4v) is 2.34. The molecular weight excluding hydrogens is 224 g/mol. The van der Waals surface area contributed by atoms with Gasteiger partial charge < -0.3 is 5.11 Å². The van der Waals surface area contributed by atoms with Crippen LogP contribution in [-0.2, 0) is 5.60 Å². The number of aliphatic hydroxyl groups is 1. The molecule has 0 bridgehead atoms. The molecule has 94 valence electrons. The summed E-state index contributed by atoms with van der Waals surface area (Å²) in [4.78, 5) is 2.08. The molecule has 1 fully saturated rings. The Morgan fingerprint density at radius 3 is 2.24 bits per heavy atom. The predicted octanol–water partition coefficient (Wildman–Crippen LogP) is 2.12. The molecule has 1 heterocycles. The molecule has 2 nitrogen and oxygen atoms in total. The summed E-state index contributed by atoms with van der Waals surface area (Å²) >= 11 is 0. The monoisotopic (exact) mass is 241 g/mol. The summed E-state index contributed by atoms with van der Waals surface area (Å²) < 4.78 is 26.1. The van der Waals surface area contributed by atoms with Crippen LogP contribution in [0.5, 0.6) is 0 Å². The van der Waals surface area contributed by atoms with E-state index in [9.17, 15) is 13.9 Å². The molecule has 0 aliphatic carbocycles. The van der Waals surface area contributed by atoms with Gasteiger partial charge in [0.25, 0.3) is 0 Å². The molecule has 0 saturated carbocycles. The van der Waals surface area contributed by atoms with E-state index in [2.05, 4.69) is 18.7 Å². The molecule has 0 amide bonds. The van der Waals surface area contributed by atoms with Crippen molar-refractivity contribution in [2.45, 2.75) is 19.4 Å². The quantitative estimate of drug-likeness (QED) is 0.876. The second-order valence-corrected chi connectivity index (χ2v) is 5.25. The van der Waals surface area contributed by atoms with Gasteiger partial charge in [0.1, 0.15) is 17.2 Å². The number of halogens is 2. The van der Waals surface area contributed by atoms with Crippen molar-refractivity contribution in [3.63, 3.8) is 0 Å². The van der Waals surface area contributed by atoms with Gasteiger partial charge in [-0.05, 0) is 23.6 Å². The van der Waals surface area contributed by atoms with Crippen molar-refractivity contribution in [2.24, 2.45) is 5.92 Å². The molecule has 0 atom stereocenters. The lowest BCUT2D eigenvalue weighted by Crippen LogP contribution is -2.60. The minimum absolute atomic E-state index is 0.329. The van der Waals surface area contributed by atoms with Crippen LogP contribution in [0.1, 0.15) is 19.4 Å². The van der Waals surface area contributed by atoms with Gasteiger partial charge in [0.15, 0.2) is 0 Å². The van der Waals surface area contributed by atoms with Gasteiger partial charge in [0.05, 0.1) is 0 Å². The molecule has 4 heteroatoms. The number of rotatable bonds is 3. The lowest BCUT2D eigenvalue weighted by molar-refractivity contribution is -0.107. The molecule has 1 aromatic carbocycles. The molecule has 1 aliphatic rings. The van der Waals surface area contributed by atoms with E-state index in [-0.39, 0.29) is 0 Å². The number of hydrogen-bond donors (Lipinski definition) is 1. The van der Waals surface area contributed by atoms with E-state index in [0.717, 1.165) is 12.6 Å². The number of β-amino-alcohol motifs (C(OH)–C–C–N with tert-alkyl or cyclic N) is 1. The summed E-state index contributed by atoms with van der Waals surface area (Å²) in [5.41, 5.74) is -0.771. The SMILES string of the molecule is CC(C)CN1CC(O)(c2cc(F)cc(F)c2)C1. The van der Waals surface area contributed by atoms with Gasteiger partial charge in [0, 0.05) is 25.7 Å². The van der Waals surface area contributed by atoms with Gasteiger partial charge in [-0.1, -0.05) is 13.8 Å². The van der Waals surface area contributed by atoms with E-state index >= 15 is 0 Å². The largest absolute Gasteiger partial charge is 0.382 e. The molecule has 2 rings (SSSR count). The highest BCUT2D eigenvalue weighted by Gasteiger charge is 2.42. The van der Waals surface area contributed by atoms with Crippen molar-refractivity contribution in [1.82, 2.24) is 4.90 Å². The summed E-state index contributed by atoms with van der Waals surface area (Å²) in [6.45, 7) is 5.96. The highest BCUT2D eigenvalue weighted by molar-refractivity contribution is 5.27. The van der Waals surface area contributed by atoms with Crippen molar-refractivity contribution in [3.05, 3.63) is 35.4 Å². The normalized spacial score (nSPS) is 19.4. The first kappa shape index (κ1) is 12.5. The van der Waals surface area contributed by atoms with Crippen molar-refractivity contribution in [3.8, 4) is 0 Å². The summed E-state index contributed by atoms with van der Waals surface area (Å²) in [6, 6.07) is 3.23. The third-order valence-corrected chi connectivity index (χ3v) is 2.99. The Bertz CT molecular complexity index is 394. The van der Waals surface area contributed by atoms with Crippen LogP contribution in [0, 0.1) is 17.6 Å². The topological polar surface area (TPSA) is 23.5 Å². The third kappa shape index (κ3) is 2.64. The van der Waals surface area contributed by atoms with E-state index in [0.29, 0.717) is 24.6 Å². The minimum atomic E-state index is -1.10. The number of likely N-dealkylation sites (tertiary alicyclic amines) is 1. The smallest absolute Gasteiger partial charge is 0.126 e. The van der Waals surface area contributed by atoms with E-state index < -0.39 is 17.2 Å². The summed E-state index contributed by atoms with van der Waals surface area (Å²) in [7, 11) is 0. The molecule has 1 aromatic rings. The van der Waals surface area contributed by atoms with Crippen molar-refractivity contribution < 1.29 is 13.9 Å². The maximum absolute atomic E-state index is 13.1. The molecule has 1 saturated heterocycles. The zero-order valence-electron chi connectivity index (χ0n) is 10.1. The fraction of sp³-hybridized carbons (Fsp3) is 0.538. The van der Waals surface area contributed by atoms with Gasteiger partial charge in [-0.3, -0.25) is 4.90 Å². The highest BCUT2D eigenvalue weighted by Crippen LogP contribution is 2.32. The Morgan fingerprint density at radius 1 is 1.24 bits per heavy atom. The predicted molar refractivity (Wildman–Crippen MR) is 61.5 cm³/mol. The van der Waals surface area contributed by atoms with Crippen LogP contribution < -0.4 is 0 Å². The van der Waals surface area contributed by atoms with E-state index in [1.807, 2.05) is 0 Å². The first-order chi connectivity index (χ1) is 7.89. The summed E-state index contributed by atoms with van der Waals surface area (Å²) in [5, 5.41) is 10.2. The van der Waals surface area contributed by atoms with E-state index in [1.54, 1.807) is 0 Å². The zero-order valence-corrected chi connectivity index (χ0v) is 10.1. The molecule has 0 unspecified atom stereocenters. The maximum atomic E-state index is 13.1. The lowest BCUT2D eigenvalue weighted by Gasteiger charge is -2.47. The Hall–Kier alpha value is -1.00. The number of nitrogens with zero attached hydrogens (tertiary/aromatic N) is 1. The van der Waals surface area contributed by atoms with Crippen molar-refractivity contribution >= 4 is 0 Å². The first-order valence-corrected chi connectivity index (χ1v) is 5.80. The average Bonchev–Trinajstić information content (AvgIpc) is 2.12. The molecule has 0 aromatic heterocycles. The Morgan fingerprint density at radius 2 is 1.76 bits per heavy atom. The van der Waals surface area contributed by atoms with Crippen LogP contribution in [0.25, 0.3) is 0 Å². The molecule has 1 aliphatic heterocycles. The number of benzene rings is 1. The van der Waals surface area contributed by atoms with Crippen LogP contribution >= 0.6 is 0 Å². The molecule has 0 radical (unpaired) electrons. The Balaban J connectivity index is 2.08. The second kappa shape index (κ2) is 4.35. The van der Waals surface area contributed by atoms with Crippen LogP contribution in [0.15, 0.2) is 18.2 Å². The van der Waals surface area contributed by atoms with Crippen LogP contribution in [0.2, 0.25) is 0 Å².